The van der Waals surface area contributed by atoms with Crippen LogP contribution in [-0.2, 0) is 11.3 Å². The van der Waals surface area contributed by atoms with Gasteiger partial charge < -0.3 is 16.0 Å². The van der Waals surface area contributed by atoms with Crippen LogP contribution < -0.4 is 11.1 Å². The molecule has 5 heteroatoms. The third kappa shape index (κ3) is 3.50. The number of carbonyl (C=O) groups is 2. The van der Waals surface area contributed by atoms with Gasteiger partial charge in [0, 0.05) is 19.6 Å². The number of hydrogen-bond acceptors (Lipinski definition) is 2. The SMILES string of the molecule is Cc1ccccc1CNC(=O)[C@H]1CCCN(C(N)=O)C1. The summed E-state index contributed by atoms with van der Waals surface area (Å²) in [6.45, 7) is 3.63. The number of piperidine rings is 1. The second-order valence-corrected chi connectivity index (χ2v) is 5.27. The van der Waals surface area contributed by atoms with Crippen molar-refractivity contribution in [1.29, 1.82) is 0 Å². The Balaban J connectivity index is 1.89. The number of nitrogens with two attached hydrogens (primary N) is 1. The zero-order chi connectivity index (χ0) is 14.5. The fourth-order valence-corrected chi connectivity index (χ4v) is 2.53. The highest BCUT2D eigenvalue weighted by molar-refractivity contribution is 5.80. The van der Waals surface area contributed by atoms with Crippen molar-refractivity contribution in [1.82, 2.24) is 10.2 Å². The van der Waals surface area contributed by atoms with Gasteiger partial charge in [0.15, 0.2) is 0 Å². The van der Waals surface area contributed by atoms with Gasteiger partial charge in [-0.05, 0) is 30.9 Å². The van der Waals surface area contributed by atoms with Crippen LogP contribution in [0.2, 0.25) is 0 Å². The van der Waals surface area contributed by atoms with Gasteiger partial charge in [-0.2, -0.15) is 0 Å². The van der Waals surface area contributed by atoms with E-state index in [0.29, 0.717) is 19.6 Å². The lowest BCUT2D eigenvalue weighted by Crippen LogP contribution is -2.47. The molecule has 5 nitrogen and oxygen atoms in total. The number of primary amides is 1. The number of carbonyl (C=O) groups excluding carboxylic acids is 2. The number of amides is 3. The van der Waals surface area contributed by atoms with E-state index in [1.165, 1.54) is 0 Å². The summed E-state index contributed by atoms with van der Waals surface area (Å²) in [4.78, 5) is 24.9. The number of nitrogens with one attached hydrogen (secondary N) is 1. The predicted octanol–water partition coefficient (Wildman–Crippen LogP) is 1.40. The van der Waals surface area contributed by atoms with E-state index >= 15 is 0 Å². The lowest BCUT2D eigenvalue weighted by Gasteiger charge is -2.30. The summed E-state index contributed by atoms with van der Waals surface area (Å²) in [5.74, 6) is -0.153. The second-order valence-electron chi connectivity index (χ2n) is 5.27. The van der Waals surface area contributed by atoms with E-state index in [2.05, 4.69) is 5.32 Å². The van der Waals surface area contributed by atoms with Gasteiger partial charge in [0.05, 0.1) is 5.92 Å². The van der Waals surface area contributed by atoms with Crippen LogP contribution in [-0.4, -0.2) is 29.9 Å². The highest BCUT2D eigenvalue weighted by Gasteiger charge is 2.27. The first-order valence-electron chi connectivity index (χ1n) is 6.94. The maximum Gasteiger partial charge on any atom is 0.314 e. The largest absolute Gasteiger partial charge is 0.352 e. The van der Waals surface area contributed by atoms with Gasteiger partial charge in [-0.15, -0.1) is 0 Å². The smallest absolute Gasteiger partial charge is 0.314 e. The van der Waals surface area contributed by atoms with Crippen molar-refractivity contribution >= 4 is 11.9 Å². The molecule has 0 unspecified atom stereocenters. The van der Waals surface area contributed by atoms with Gasteiger partial charge in [-0.25, -0.2) is 4.79 Å². The molecule has 20 heavy (non-hydrogen) atoms. The minimum Gasteiger partial charge on any atom is -0.352 e. The molecule has 1 aromatic rings. The standard InChI is InChI=1S/C15H21N3O2/c1-11-5-2-3-6-12(11)9-17-14(19)13-7-4-8-18(10-13)15(16)20/h2-3,5-6,13H,4,7-10H2,1H3,(H2,16,20)(H,17,19)/t13-/m0/s1. The van der Waals surface area contributed by atoms with Crippen LogP contribution in [0.3, 0.4) is 0 Å². The predicted molar refractivity (Wildman–Crippen MR) is 76.9 cm³/mol. The minimum atomic E-state index is -0.443. The lowest BCUT2D eigenvalue weighted by atomic mass is 9.97. The van der Waals surface area contributed by atoms with Crippen molar-refractivity contribution in [3.05, 3.63) is 35.4 Å². The molecule has 0 aliphatic carbocycles. The van der Waals surface area contributed by atoms with Crippen LogP contribution >= 0.6 is 0 Å². The third-order valence-corrected chi connectivity index (χ3v) is 3.82. The zero-order valence-electron chi connectivity index (χ0n) is 11.8. The first-order valence-corrected chi connectivity index (χ1v) is 6.94. The van der Waals surface area contributed by atoms with Gasteiger partial charge in [0.2, 0.25) is 5.91 Å². The van der Waals surface area contributed by atoms with E-state index in [0.717, 1.165) is 24.0 Å². The lowest BCUT2D eigenvalue weighted by molar-refractivity contribution is -0.126. The van der Waals surface area contributed by atoms with Crippen LogP contribution in [0.15, 0.2) is 24.3 Å². The fourth-order valence-electron chi connectivity index (χ4n) is 2.53. The summed E-state index contributed by atoms with van der Waals surface area (Å²) in [6, 6.07) is 7.53. The van der Waals surface area contributed by atoms with Gasteiger partial charge in [-0.1, -0.05) is 24.3 Å². The number of aryl methyl sites for hydroxylation is 1. The molecular formula is C15H21N3O2. The van der Waals surface area contributed by atoms with E-state index < -0.39 is 6.03 Å². The average Bonchev–Trinajstić information content (AvgIpc) is 2.46. The van der Waals surface area contributed by atoms with E-state index in [1.54, 1.807) is 4.90 Å². The number of benzene rings is 1. The maximum absolute atomic E-state index is 12.2. The molecule has 0 spiro atoms. The van der Waals surface area contributed by atoms with Crippen molar-refractivity contribution in [3.8, 4) is 0 Å². The average molecular weight is 275 g/mol. The third-order valence-electron chi connectivity index (χ3n) is 3.82. The Morgan fingerprint density at radius 1 is 1.40 bits per heavy atom. The highest BCUT2D eigenvalue weighted by Crippen LogP contribution is 2.16. The molecule has 108 valence electrons. The normalized spacial score (nSPS) is 18.6. The molecule has 3 amide bonds. The van der Waals surface area contributed by atoms with Crippen LogP contribution in [0.25, 0.3) is 0 Å². The van der Waals surface area contributed by atoms with Gasteiger partial charge in [-0.3, -0.25) is 4.79 Å². The molecule has 2 rings (SSSR count). The van der Waals surface area contributed by atoms with Crippen LogP contribution in [0, 0.1) is 12.8 Å². The summed E-state index contributed by atoms with van der Waals surface area (Å²) in [7, 11) is 0. The van der Waals surface area contributed by atoms with Crippen LogP contribution in [0.5, 0.6) is 0 Å². The molecule has 1 saturated heterocycles. The molecule has 1 fully saturated rings. The molecule has 0 radical (unpaired) electrons. The van der Waals surface area contributed by atoms with Crippen LogP contribution in [0.1, 0.15) is 24.0 Å². The number of likely N-dealkylation sites (tertiary alicyclic amines) is 1. The number of nitrogens with zero attached hydrogens (tertiary/aromatic N) is 1. The van der Waals surface area contributed by atoms with Crippen molar-refractivity contribution in [3.63, 3.8) is 0 Å². The van der Waals surface area contributed by atoms with Gasteiger partial charge in [0.1, 0.15) is 0 Å². The van der Waals surface area contributed by atoms with Crippen molar-refractivity contribution in [2.24, 2.45) is 11.7 Å². The Labute approximate surface area is 119 Å². The van der Waals surface area contributed by atoms with Crippen LogP contribution in [0.4, 0.5) is 4.79 Å². The van der Waals surface area contributed by atoms with E-state index in [9.17, 15) is 9.59 Å². The van der Waals surface area contributed by atoms with Crippen molar-refractivity contribution in [2.75, 3.05) is 13.1 Å². The first-order chi connectivity index (χ1) is 9.58. The molecule has 1 aliphatic heterocycles. The summed E-state index contributed by atoms with van der Waals surface area (Å²) >= 11 is 0. The summed E-state index contributed by atoms with van der Waals surface area (Å²) < 4.78 is 0. The molecule has 1 heterocycles. The Morgan fingerprint density at radius 3 is 2.85 bits per heavy atom. The molecule has 0 bridgehead atoms. The first kappa shape index (κ1) is 14.4. The van der Waals surface area contributed by atoms with Gasteiger partial charge in [0.25, 0.3) is 0 Å². The molecule has 1 atom stereocenters. The molecule has 3 N–H and O–H groups in total. The van der Waals surface area contributed by atoms with Gasteiger partial charge >= 0.3 is 6.03 Å². The second kappa shape index (κ2) is 6.41. The Kier molecular flexibility index (Phi) is 4.61. The number of rotatable bonds is 3. The molecule has 1 aliphatic rings. The molecule has 0 saturated carbocycles. The Morgan fingerprint density at radius 2 is 2.15 bits per heavy atom. The molecule has 0 aromatic heterocycles. The topological polar surface area (TPSA) is 75.4 Å². The summed E-state index contributed by atoms with van der Waals surface area (Å²) in [5.41, 5.74) is 7.55. The van der Waals surface area contributed by atoms with E-state index in [4.69, 9.17) is 5.73 Å². The quantitative estimate of drug-likeness (QED) is 0.875. The number of hydrogen-bond donors (Lipinski definition) is 2. The number of urea groups is 1. The summed E-state index contributed by atoms with van der Waals surface area (Å²) in [6.07, 6.45) is 1.63. The van der Waals surface area contributed by atoms with E-state index in [1.807, 2.05) is 31.2 Å². The summed E-state index contributed by atoms with van der Waals surface area (Å²) in [5, 5.41) is 2.95. The monoisotopic (exact) mass is 275 g/mol. The fraction of sp³-hybridized carbons (Fsp3) is 0.467. The highest BCUT2D eigenvalue weighted by atomic mass is 16.2. The van der Waals surface area contributed by atoms with Crippen molar-refractivity contribution in [2.45, 2.75) is 26.3 Å². The Bertz CT molecular complexity index is 502. The maximum atomic E-state index is 12.2. The van der Waals surface area contributed by atoms with Crippen molar-refractivity contribution < 1.29 is 9.59 Å². The Hall–Kier alpha value is -2.04. The molecule has 1 aromatic carbocycles. The zero-order valence-corrected chi connectivity index (χ0v) is 11.8. The molecular weight excluding hydrogens is 254 g/mol. The minimum absolute atomic E-state index is 0.000738. The van der Waals surface area contributed by atoms with E-state index in [-0.39, 0.29) is 11.8 Å².